The molecule has 23 heavy (non-hydrogen) atoms. The highest BCUT2D eigenvalue weighted by molar-refractivity contribution is 6.07. The summed E-state index contributed by atoms with van der Waals surface area (Å²) in [5.41, 5.74) is -0.169. The largest absolute Gasteiger partial charge is 0.332 e. The molecule has 0 aromatic heterocycles. The van der Waals surface area contributed by atoms with Gasteiger partial charge in [0.05, 0.1) is 6.54 Å². The van der Waals surface area contributed by atoms with Crippen molar-refractivity contribution in [1.82, 2.24) is 15.5 Å². The van der Waals surface area contributed by atoms with E-state index < -0.39 is 17.5 Å². The van der Waals surface area contributed by atoms with Crippen LogP contribution in [0.15, 0.2) is 36.2 Å². The number of carbonyl (C=O) groups excluding carboxylic acids is 3. The molecule has 3 rings (SSSR count). The Kier molecular flexibility index (Phi) is 3.63. The average Bonchev–Trinajstić information content (AvgIpc) is 2.80. The maximum atomic E-state index is 13.3. The van der Waals surface area contributed by atoms with Crippen LogP contribution in [0, 0.1) is 0 Å². The number of nitrogens with one attached hydrogen (secondary N) is 2. The van der Waals surface area contributed by atoms with Crippen LogP contribution < -0.4 is 10.6 Å². The molecule has 1 saturated heterocycles. The van der Waals surface area contributed by atoms with E-state index in [1.165, 1.54) is 11.0 Å². The fraction of sp³-hybridized carbons (Fsp3) is 0.312. The second-order valence-corrected chi connectivity index (χ2v) is 5.78. The second kappa shape index (κ2) is 5.49. The standard InChI is InChI=1S/C16H16FN3O3/c1-16(14(22)18-15(23)19-16)11-6-4-10(5-7-11)13(21)20-8-2-3-12(17)9-20/h3-7H,2,8-9H2,1H3,(H2,18,19,22,23). The quantitative estimate of drug-likeness (QED) is 0.810. The maximum Gasteiger partial charge on any atom is 0.322 e. The average molecular weight is 317 g/mol. The number of carbonyl (C=O) groups is 3. The molecular weight excluding hydrogens is 301 g/mol. The highest BCUT2D eigenvalue weighted by atomic mass is 19.1. The van der Waals surface area contributed by atoms with Crippen molar-refractivity contribution in [2.45, 2.75) is 18.9 Å². The predicted molar refractivity (Wildman–Crippen MR) is 80.2 cm³/mol. The lowest BCUT2D eigenvalue weighted by atomic mass is 9.91. The number of amides is 4. The first-order chi connectivity index (χ1) is 10.9. The number of halogens is 1. The molecule has 2 aliphatic rings. The molecule has 0 spiro atoms. The maximum absolute atomic E-state index is 13.3. The normalized spacial score (nSPS) is 24.1. The zero-order valence-electron chi connectivity index (χ0n) is 12.6. The van der Waals surface area contributed by atoms with Crippen LogP contribution >= 0.6 is 0 Å². The minimum absolute atomic E-state index is 0.0171. The van der Waals surface area contributed by atoms with Gasteiger partial charge in [-0.15, -0.1) is 0 Å². The Morgan fingerprint density at radius 3 is 2.52 bits per heavy atom. The summed E-state index contributed by atoms with van der Waals surface area (Å²) in [6, 6.07) is 5.85. The summed E-state index contributed by atoms with van der Waals surface area (Å²) in [4.78, 5) is 37.0. The summed E-state index contributed by atoms with van der Waals surface area (Å²) in [5, 5.41) is 4.75. The van der Waals surface area contributed by atoms with E-state index >= 15 is 0 Å². The molecule has 0 bridgehead atoms. The molecule has 1 unspecified atom stereocenters. The number of urea groups is 1. The Balaban J connectivity index is 1.80. The molecule has 1 aromatic rings. The third kappa shape index (κ3) is 2.69. The molecule has 2 heterocycles. The highest BCUT2D eigenvalue weighted by Gasteiger charge is 2.43. The fourth-order valence-corrected chi connectivity index (χ4v) is 2.75. The van der Waals surface area contributed by atoms with Crippen molar-refractivity contribution in [2.75, 3.05) is 13.1 Å². The van der Waals surface area contributed by atoms with Gasteiger partial charge in [0.15, 0.2) is 0 Å². The molecule has 0 radical (unpaired) electrons. The summed E-state index contributed by atoms with van der Waals surface area (Å²) in [5.74, 6) is -1.01. The van der Waals surface area contributed by atoms with E-state index in [1.807, 2.05) is 0 Å². The van der Waals surface area contributed by atoms with E-state index in [4.69, 9.17) is 0 Å². The number of imide groups is 1. The fourth-order valence-electron chi connectivity index (χ4n) is 2.75. The molecule has 0 aliphatic carbocycles. The monoisotopic (exact) mass is 317 g/mol. The van der Waals surface area contributed by atoms with E-state index in [0.29, 0.717) is 24.1 Å². The third-order valence-electron chi connectivity index (χ3n) is 4.15. The van der Waals surface area contributed by atoms with Crippen LogP contribution in [0.5, 0.6) is 0 Å². The summed E-state index contributed by atoms with van der Waals surface area (Å²) in [7, 11) is 0. The zero-order valence-corrected chi connectivity index (χ0v) is 12.6. The van der Waals surface area contributed by atoms with Gasteiger partial charge in [0.2, 0.25) is 0 Å². The van der Waals surface area contributed by atoms with Gasteiger partial charge in [0.1, 0.15) is 11.4 Å². The van der Waals surface area contributed by atoms with Gasteiger partial charge in [-0.05, 0) is 37.1 Å². The number of nitrogens with zero attached hydrogens (tertiary/aromatic N) is 1. The van der Waals surface area contributed by atoms with Gasteiger partial charge in [-0.2, -0.15) is 0 Å². The topological polar surface area (TPSA) is 78.5 Å². The van der Waals surface area contributed by atoms with E-state index in [9.17, 15) is 18.8 Å². The van der Waals surface area contributed by atoms with Crippen LogP contribution in [0.4, 0.5) is 9.18 Å². The van der Waals surface area contributed by atoms with Crippen LogP contribution in [-0.2, 0) is 10.3 Å². The lowest BCUT2D eigenvalue weighted by Crippen LogP contribution is -2.40. The molecular formula is C16H16FN3O3. The Hall–Kier alpha value is -2.70. The Bertz CT molecular complexity index is 714. The Labute approximate surface area is 132 Å². The molecule has 1 fully saturated rings. The minimum atomic E-state index is -1.15. The molecule has 2 aliphatic heterocycles. The Morgan fingerprint density at radius 1 is 1.26 bits per heavy atom. The van der Waals surface area contributed by atoms with Crippen LogP contribution in [-0.4, -0.2) is 35.8 Å². The van der Waals surface area contributed by atoms with Crippen LogP contribution in [0.2, 0.25) is 0 Å². The number of hydrogen-bond acceptors (Lipinski definition) is 3. The SMILES string of the molecule is CC1(c2ccc(C(=O)N3CCC=C(F)C3)cc2)NC(=O)NC1=O. The van der Waals surface area contributed by atoms with Crippen molar-refractivity contribution in [3.63, 3.8) is 0 Å². The minimum Gasteiger partial charge on any atom is -0.332 e. The van der Waals surface area contributed by atoms with Gasteiger partial charge in [-0.25, -0.2) is 9.18 Å². The number of benzene rings is 1. The summed E-state index contributed by atoms with van der Waals surface area (Å²) in [6.45, 7) is 2.05. The molecule has 1 aromatic carbocycles. The molecule has 6 nitrogen and oxygen atoms in total. The molecule has 7 heteroatoms. The first-order valence-electron chi connectivity index (χ1n) is 7.28. The van der Waals surface area contributed by atoms with Gasteiger partial charge in [0, 0.05) is 12.1 Å². The summed E-state index contributed by atoms with van der Waals surface area (Å²) in [6.07, 6.45) is 1.98. The van der Waals surface area contributed by atoms with Gasteiger partial charge in [-0.3, -0.25) is 14.9 Å². The van der Waals surface area contributed by atoms with Crippen molar-refractivity contribution in [2.24, 2.45) is 0 Å². The second-order valence-electron chi connectivity index (χ2n) is 5.78. The van der Waals surface area contributed by atoms with E-state index in [1.54, 1.807) is 31.2 Å². The smallest absolute Gasteiger partial charge is 0.322 e. The predicted octanol–water partition coefficient (Wildman–Crippen LogP) is 1.44. The summed E-state index contributed by atoms with van der Waals surface area (Å²) >= 11 is 0. The van der Waals surface area contributed by atoms with Crippen molar-refractivity contribution in [1.29, 1.82) is 0 Å². The zero-order chi connectivity index (χ0) is 16.6. The van der Waals surface area contributed by atoms with Gasteiger partial charge < -0.3 is 10.2 Å². The van der Waals surface area contributed by atoms with E-state index in [2.05, 4.69) is 10.6 Å². The molecule has 4 amide bonds. The first kappa shape index (κ1) is 15.2. The van der Waals surface area contributed by atoms with E-state index in [-0.39, 0.29) is 18.3 Å². The van der Waals surface area contributed by atoms with Gasteiger partial charge >= 0.3 is 6.03 Å². The van der Waals surface area contributed by atoms with Crippen molar-refractivity contribution in [3.8, 4) is 0 Å². The van der Waals surface area contributed by atoms with Crippen molar-refractivity contribution < 1.29 is 18.8 Å². The van der Waals surface area contributed by atoms with Gasteiger partial charge in [0.25, 0.3) is 11.8 Å². The lowest BCUT2D eigenvalue weighted by molar-refractivity contribution is -0.123. The van der Waals surface area contributed by atoms with Gasteiger partial charge in [-0.1, -0.05) is 12.1 Å². The molecule has 120 valence electrons. The van der Waals surface area contributed by atoms with Crippen LogP contribution in [0.25, 0.3) is 0 Å². The summed E-state index contributed by atoms with van der Waals surface area (Å²) < 4.78 is 13.3. The molecule has 0 saturated carbocycles. The highest BCUT2D eigenvalue weighted by Crippen LogP contribution is 2.25. The first-order valence-corrected chi connectivity index (χ1v) is 7.28. The number of rotatable bonds is 2. The van der Waals surface area contributed by atoms with Crippen molar-refractivity contribution in [3.05, 3.63) is 47.3 Å². The third-order valence-corrected chi connectivity index (χ3v) is 4.15. The molecule has 2 N–H and O–H groups in total. The van der Waals surface area contributed by atoms with Crippen LogP contribution in [0.3, 0.4) is 0 Å². The van der Waals surface area contributed by atoms with Crippen molar-refractivity contribution >= 4 is 17.8 Å². The Morgan fingerprint density at radius 2 is 1.96 bits per heavy atom. The molecule has 1 atom stereocenters. The van der Waals surface area contributed by atoms with Crippen LogP contribution in [0.1, 0.15) is 29.3 Å². The number of hydrogen-bond donors (Lipinski definition) is 2. The lowest BCUT2D eigenvalue weighted by Gasteiger charge is -2.25. The van der Waals surface area contributed by atoms with E-state index in [0.717, 1.165) is 0 Å².